The molecule has 0 unspecified atom stereocenters. The Morgan fingerprint density at radius 2 is 1.71 bits per heavy atom. The highest BCUT2D eigenvalue weighted by molar-refractivity contribution is 7.89. The van der Waals surface area contributed by atoms with E-state index in [1.165, 1.54) is 46.6 Å². The summed E-state index contributed by atoms with van der Waals surface area (Å²) < 4.78 is 47.3. The van der Waals surface area contributed by atoms with Gasteiger partial charge in [0.2, 0.25) is 10.0 Å². The first-order valence-corrected chi connectivity index (χ1v) is 14.9. The van der Waals surface area contributed by atoms with Crippen molar-refractivity contribution < 1.29 is 32.2 Å². The van der Waals surface area contributed by atoms with Crippen molar-refractivity contribution in [2.75, 3.05) is 37.4 Å². The summed E-state index contributed by atoms with van der Waals surface area (Å²) in [6.07, 6.45) is -0.643. The summed E-state index contributed by atoms with van der Waals surface area (Å²) in [7, 11) is -2.33. The Kier molecular flexibility index (Phi) is 9.50. The van der Waals surface area contributed by atoms with Gasteiger partial charge in [0, 0.05) is 30.9 Å². The van der Waals surface area contributed by atoms with Crippen LogP contribution >= 0.6 is 0 Å². The molecule has 0 radical (unpaired) electrons. The van der Waals surface area contributed by atoms with E-state index < -0.39 is 39.9 Å². The Hall–Kier alpha value is -4.00. The topological polar surface area (TPSA) is 128 Å². The predicted octanol–water partition coefficient (Wildman–Crippen LogP) is 4.32. The van der Waals surface area contributed by atoms with Gasteiger partial charge in [-0.25, -0.2) is 17.6 Å². The van der Waals surface area contributed by atoms with Crippen LogP contribution in [0.1, 0.15) is 29.8 Å². The molecule has 0 fully saturated rings. The zero-order valence-electron chi connectivity index (χ0n) is 23.9. The van der Waals surface area contributed by atoms with Crippen LogP contribution in [0.3, 0.4) is 0 Å². The standard InChI is InChI=1S/C30H35FN4O6S/c1-19-5-12-25(13-6-19)42(39,40)34(4)17-28-20(2)16-35(21(3)18-36)29(37)26-15-24(11-14-27(26)41-28)33-30(38)32-23-9-7-22(31)8-10-23/h5-15,20-21,28,36H,16-18H2,1-4H3,(H2,32,33,38)/t20-,21-,28-/m0/s1. The minimum absolute atomic E-state index is 0.00638. The molecule has 0 spiro atoms. The maximum Gasteiger partial charge on any atom is 0.323 e. The number of benzene rings is 3. The first-order valence-electron chi connectivity index (χ1n) is 13.5. The van der Waals surface area contributed by atoms with Gasteiger partial charge in [0.25, 0.3) is 5.91 Å². The van der Waals surface area contributed by atoms with Crippen LogP contribution in [0.5, 0.6) is 5.75 Å². The number of aryl methyl sites for hydroxylation is 1. The highest BCUT2D eigenvalue weighted by Crippen LogP contribution is 2.31. The molecule has 3 aromatic carbocycles. The van der Waals surface area contributed by atoms with Crippen molar-refractivity contribution in [2.24, 2.45) is 5.92 Å². The van der Waals surface area contributed by atoms with E-state index in [9.17, 15) is 27.5 Å². The molecule has 10 nitrogen and oxygen atoms in total. The normalized spacial score (nSPS) is 18.0. The Morgan fingerprint density at radius 3 is 2.36 bits per heavy atom. The van der Waals surface area contributed by atoms with Crippen LogP contribution in [-0.4, -0.2) is 73.6 Å². The van der Waals surface area contributed by atoms with Crippen molar-refractivity contribution in [3.63, 3.8) is 0 Å². The van der Waals surface area contributed by atoms with Gasteiger partial charge in [-0.05, 0) is 68.4 Å². The van der Waals surface area contributed by atoms with Crippen molar-refractivity contribution in [1.29, 1.82) is 0 Å². The summed E-state index contributed by atoms with van der Waals surface area (Å²) in [4.78, 5) is 27.9. The van der Waals surface area contributed by atoms with Crippen molar-refractivity contribution in [3.8, 4) is 5.75 Å². The van der Waals surface area contributed by atoms with Crippen LogP contribution in [0, 0.1) is 18.7 Å². The first-order chi connectivity index (χ1) is 19.9. The smallest absolute Gasteiger partial charge is 0.323 e. The number of aliphatic hydroxyl groups excluding tert-OH is 1. The Morgan fingerprint density at radius 1 is 1.10 bits per heavy atom. The molecular formula is C30H35FN4O6S. The van der Waals surface area contributed by atoms with Gasteiger partial charge in [-0.1, -0.05) is 24.6 Å². The van der Waals surface area contributed by atoms with Crippen LogP contribution < -0.4 is 15.4 Å². The number of sulfonamides is 1. The number of carbonyl (C=O) groups excluding carboxylic acids is 2. The molecule has 1 heterocycles. The summed E-state index contributed by atoms with van der Waals surface area (Å²) in [6.45, 7) is 5.38. The van der Waals surface area contributed by atoms with Crippen molar-refractivity contribution in [2.45, 2.75) is 37.8 Å². The van der Waals surface area contributed by atoms with Gasteiger partial charge in [0.05, 0.1) is 29.7 Å². The molecule has 0 aromatic heterocycles. The van der Waals surface area contributed by atoms with Crippen molar-refractivity contribution in [1.82, 2.24) is 9.21 Å². The molecule has 3 aromatic rings. The molecule has 0 bridgehead atoms. The second-order valence-corrected chi connectivity index (χ2v) is 12.6. The number of hydrogen-bond acceptors (Lipinski definition) is 6. The molecule has 0 aliphatic carbocycles. The van der Waals surface area contributed by atoms with Gasteiger partial charge in [-0.15, -0.1) is 0 Å². The molecule has 3 N–H and O–H groups in total. The first kappa shape index (κ1) is 30.9. The summed E-state index contributed by atoms with van der Waals surface area (Å²) in [6, 6.07) is 15.3. The lowest BCUT2D eigenvalue weighted by molar-refractivity contribution is 0.0387. The number of carbonyl (C=O) groups is 2. The minimum atomic E-state index is -3.81. The lowest BCUT2D eigenvalue weighted by Crippen LogP contribution is -2.50. The van der Waals surface area contributed by atoms with Gasteiger partial charge in [-0.3, -0.25) is 4.79 Å². The second kappa shape index (κ2) is 12.9. The molecule has 0 saturated heterocycles. The third-order valence-electron chi connectivity index (χ3n) is 7.19. The molecule has 12 heteroatoms. The largest absolute Gasteiger partial charge is 0.488 e. The molecule has 42 heavy (non-hydrogen) atoms. The zero-order chi connectivity index (χ0) is 30.6. The second-order valence-electron chi connectivity index (χ2n) is 10.5. The number of hydrogen-bond donors (Lipinski definition) is 3. The maximum absolute atomic E-state index is 13.7. The predicted molar refractivity (Wildman–Crippen MR) is 158 cm³/mol. The number of nitrogens with one attached hydrogen (secondary N) is 2. The Labute approximate surface area is 245 Å². The summed E-state index contributed by atoms with van der Waals surface area (Å²) in [5.41, 5.74) is 1.76. The van der Waals surface area contributed by atoms with E-state index in [-0.39, 0.29) is 41.8 Å². The van der Waals surface area contributed by atoms with E-state index in [0.717, 1.165) is 5.56 Å². The fourth-order valence-corrected chi connectivity index (χ4v) is 5.77. The monoisotopic (exact) mass is 598 g/mol. The Bertz CT molecular complexity index is 1530. The molecule has 1 aliphatic rings. The van der Waals surface area contributed by atoms with Crippen LogP contribution in [0.2, 0.25) is 0 Å². The SMILES string of the molecule is Cc1ccc(S(=O)(=O)N(C)C[C@@H]2Oc3ccc(NC(=O)Nc4ccc(F)cc4)cc3C(=O)N([C@@H](C)CO)C[C@@H]2C)cc1. The number of aliphatic hydroxyl groups is 1. The average Bonchev–Trinajstić information content (AvgIpc) is 2.96. The molecule has 3 amide bonds. The number of anilines is 2. The van der Waals surface area contributed by atoms with E-state index in [1.54, 1.807) is 43.3 Å². The minimum Gasteiger partial charge on any atom is -0.488 e. The molecule has 224 valence electrons. The number of halogens is 1. The van der Waals surface area contributed by atoms with Crippen molar-refractivity contribution in [3.05, 3.63) is 83.7 Å². The molecular weight excluding hydrogens is 563 g/mol. The fourth-order valence-electron chi connectivity index (χ4n) is 4.59. The number of rotatable bonds is 8. The van der Waals surface area contributed by atoms with Gasteiger partial charge < -0.3 is 25.4 Å². The van der Waals surface area contributed by atoms with Crippen molar-refractivity contribution >= 4 is 33.3 Å². The summed E-state index contributed by atoms with van der Waals surface area (Å²) in [5, 5.41) is 15.1. The highest BCUT2D eigenvalue weighted by Gasteiger charge is 2.35. The number of nitrogens with zero attached hydrogens (tertiary/aromatic N) is 2. The zero-order valence-corrected chi connectivity index (χ0v) is 24.7. The summed E-state index contributed by atoms with van der Waals surface area (Å²) >= 11 is 0. The Balaban J connectivity index is 1.61. The van der Waals surface area contributed by atoms with E-state index in [4.69, 9.17) is 4.74 Å². The number of urea groups is 1. The maximum atomic E-state index is 13.7. The number of amides is 3. The van der Waals surface area contributed by atoms with Crippen LogP contribution in [0.15, 0.2) is 71.6 Å². The number of ether oxygens (including phenoxy) is 1. The lowest BCUT2D eigenvalue weighted by atomic mass is 9.99. The molecule has 3 atom stereocenters. The van der Waals surface area contributed by atoms with Gasteiger partial charge in [-0.2, -0.15) is 4.31 Å². The van der Waals surface area contributed by atoms with E-state index >= 15 is 0 Å². The van der Waals surface area contributed by atoms with Gasteiger partial charge >= 0.3 is 6.03 Å². The van der Waals surface area contributed by atoms with Crippen LogP contribution in [0.4, 0.5) is 20.6 Å². The van der Waals surface area contributed by atoms with Crippen LogP contribution in [-0.2, 0) is 10.0 Å². The molecule has 1 aliphatic heterocycles. The average molecular weight is 599 g/mol. The van der Waals surface area contributed by atoms with Crippen LogP contribution in [0.25, 0.3) is 0 Å². The molecule has 0 saturated carbocycles. The van der Waals surface area contributed by atoms with Gasteiger partial charge in [0.15, 0.2) is 0 Å². The van der Waals surface area contributed by atoms with E-state index in [2.05, 4.69) is 10.6 Å². The molecule has 4 rings (SSSR count). The summed E-state index contributed by atoms with van der Waals surface area (Å²) in [5.74, 6) is -0.919. The van der Waals surface area contributed by atoms with Gasteiger partial charge in [0.1, 0.15) is 17.7 Å². The quantitative estimate of drug-likeness (QED) is 0.354. The fraction of sp³-hybridized carbons (Fsp3) is 0.333. The van der Waals surface area contributed by atoms with E-state index in [1.807, 2.05) is 13.8 Å². The lowest BCUT2D eigenvalue weighted by Gasteiger charge is -2.38. The number of likely N-dealkylation sites (N-methyl/N-ethyl adjacent to an activating group) is 1. The van der Waals surface area contributed by atoms with E-state index in [0.29, 0.717) is 11.4 Å². The highest BCUT2D eigenvalue weighted by atomic mass is 32.2. The number of fused-ring (bicyclic) bond motifs is 1. The third-order valence-corrected chi connectivity index (χ3v) is 9.03. The third kappa shape index (κ3) is 7.07.